The largest absolute Gasteiger partial charge is 0.351 e. The molecule has 8 nitrogen and oxygen atoms in total. The fourth-order valence-corrected chi connectivity index (χ4v) is 4.86. The maximum absolute atomic E-state index is 12.3. The van der Waals surface area contributed by atoms with Crippen LogP contribution in [0, 0.1) is 0 Å². The molecule has 2 aromatic rings. The summed E-state index contributed by atoms with van der Waals surface area (Å²) in [5.41, 5.74) is 1.62. The first-order valence-electron chi connectivity index (χ1n) is 8.20. The van der Waals surface area contributed by atoms with Gasteiger partial charge in [0.1, 0.15) is 0 Å². The van der Waals surface area contributed by atoms with Gasteiger partial charge in [0.2, 0.25) is 16.0 Å². The average molecular weight is 348 g/mol. The molecule has 4 rings (SSSR count). The highest BCUT2D eigenvalue weighted by molar-refractivity contribution is 7.90. The summed E-state index contributed by atoms with van der Waals surface area (Å²) in [5, 5.41) is 3.19. The molecule has 2 fully saturated rings. The monoisotopic (exact) mass is 348 g/mol. The molecule has 2 aliphatic rings. The molecule has 0 atom stereocenters. The zero-order valence-corrected chi connectivity index (χ0v) is 14.0. The van der Waals surface area contributed by atoms with E-state index in [4.69, 9.17) is 0 Å². The Labute approximate surface area is 140 Å². The third kappa shape index (κ3) is 3.13. The van der Waals surface area contributed by atoms with Gasteiger partial charge in [0, 0.05) is 25.3 Å². The van der Waals surface area contributed by atoms with Gasteiger partial charge in [-0.15, -0.1) is 0 Å². The SMILES string of the molecule is O=S(=O)(C1CC1)N1CCC(Nc2nccc(-c3cnc[nH]3)n2)CC1. The lowest BCUT2D eigenvalue weighted by Gasteiger charge is -2.31. The van der Waals surface area contributed by atoms with Crippen molar-refractivity contribution in [2.75, 3.05) is 18.4 Å². The van der Waals surface area contributed by atoms with E-state index in [1.165, 1.54) is 0 Å². The molecule has 1 aliphatic heterocycles. The molecule has 1 saturated carbocycles. The Morgan fingerprint density at radius 2 is 2.00 bits per heavy atom. The molecule has 3 heterocycles. The predicted octanol–water partition coefficient (Wildman–Crippen LogP) is 1.24. The van der Waals surface area contributed by atoms with Gasteiger partial charge >= 0.3 is 0 Å². The van der Waals surface area contributed by atoms with Crippen molar-refractivity contribution >= 4 is 16.0 Å². The summed E-state index contributed by atoms with van der Waals surface area (Å²) < 4.78 is 26.2. The van der Waals surface area contributed by atoms with Crippen molar-refractivity contribution in [3.05, 3.63) is 24.8 Å². The number of anilines is 1. The molecular weight excluding hydrogens is 328 g/mol. The normalized spacial score (nSPS) is 20.2. The average Bonchev–Trinajstić information content (AvgIpc) is 3.32. The molecule has 0 bridgehead atoms. The Balaban J connectivity index is 1.38. The van der Waals surface area contributed by atoms with Crippen LogP contribution >= 0.6 is 0 Å². The molecule has 0 unspecified atom stereocenters. The number of H-pyrrole nitrogens is 1. The molecule has 0 amide bonds. The van der Waals surface area contributed by atoms with Crippen molar-refractivity contribution in [3.63, 3.8) is 0 Å². The minimum absolute atomic E-state index is 0.128. The lowest BCUT2D eigenvalue weighted by atomic mass is 10.1. The van der Waals surface area contributed by atoms with E-state index in [0.29, 0.717) is 19.0 Å². The van der Waals surface area contributed by atoms with Crippen LogP contribution in [0.1, 0.15) is 25.7 Å². The molecule has 128 valence electrons. The fourth-order valence-electron chi connectivity index (χ4n) is 2.99. The summed E-state index contributed by atoms with van der Waals surface area (Å²) in [4.78, 5) is 15.8. The second-order valence-corrected chi connectivity index (χ2v) is 8.51. The first-order chi connectivity index (χ1) is 11.6. The molecule has 9 heteroatoms. The topological polar surface area (TPSA) is 104 Å². The second kappa shape index (κ2) is 6.14. The summed E-state index contributed by atoms with van der Waals surface area (Å²) in [5.74, 6) is 0.561. The molecule has 0 radical (unpaired) electrons. The Bertz CT molecular complexity index is 795. The Hall–Kier alpha value is -2.00. The molecule has 1 saturated heterocycles. The quantitative estimate of drug-likeness (QED) is 0.842. The van der Waals surface area contributed by atoms with Crippen LogP contribution in [0.2, 0.25) is 0 Å². The Morgan fingerprint density at radius 1 is 1.21 bits per heavy atom. The van der Waals surface area contributed by atoms with Crippen LogP contribution < -0.4 is 5.32 Å². The van der Waals surface area contributed by atoms with E-state index in [1.54, 1.807) is 23.0 Å². The van der Waals surface area contributed by atoms with E-state index >= 15 is 0 Å². The van der Waals surface area contributed by atoms with E-state index in [9.17, 15) is 8.42 Å². The lowest BCUT2D eigenvalue weighted by molar-refractivity contribution is 0.328. The van der Waals surface area contributed by atoms with Crippen molar-refractivity contribution in [2.24, 2.45) is 0 Å². The van der Waals surface area contributed by atoms with Crippen molar-refractivity contribution in [1.29, 1.82) is 0 Å². The number of piperidine rings is 1. The van der Waals surface area contributed by atoms with Crippen molar-refractivity contribution in [2.45, 2.75) is 37.0 Å². The summed E-state index contributed by atoms with van der Waals surface area (Å²) in [7, 11) is -3.06. The van der Waals surface area contributed by atoms with Crippen molar-refractivity contribution in [3.8, 4) is 11.4 Å². The lowest BCUT2D eigenvalue weighted by Crippen LogP contribution is -2.43. The number of nitrogens with zero attached hydrogens (tertiary/aromatic N) is 4. The highest BCUT2D eigenvalue weighted by Gasteiger charge is 2.41. The fraction of sp³-hybridized carbons (Fsp3) is 0.533. The van der Waals surface area contributed by atoms with Gasteiger partial charge < -0.3 is 10.3 Å². The van der Waals surface area contributed by atoms with Gasteiger partial charge in [-0.25, -0.2) is 27.7 Å². The molecule has 24 heavy (non-hydrogen) atoms. The van der Waals surface area contributed by atoms with Crippen LogP contribution in [0.15, 0.2) is 24.8 Å². The van der Waals surface area contributed by atoms with E-state index in [-0.39, 0.29) is 11.3 Å². The maximum Gasteiger partial charge on any atom is 0.223 e. The van der Waals surface area contributed by atoms with Crippen LogP contribution in [-0.2, 0) is 10.0 Å². The highest BCUT2D eigenvalue weighted by atomic mass is 32.2. The minimum Gasteiger partial charge on any atom is -0.351 e. The number of rotatable bonds is 5. The van der Waals surface area contributed by atoms with Gasteiger partial charge in [-0.1, -0.05) is 0 Å². The number of sulfonamides is 1. The first kappa shape index (κ1) is 15.5. The standard InChI is InChI=1S/C15H20N6O2S/c22-24(23,12-1-2-12)21-7-4-11(5-8-21)19-15-17-6-3-13(20-15)14-9-16-10-18-14/h3,6,9-12H,1-2,4-5,7-8H2,(H,16,18)(H,17,19,20). The summed E-state index contributed by atoms with van der Waals surface area (Å²) in [6.45, 7) is 1.13. The highest BCUT2D eigenvalue weighted by Crippen LogP contribution is 2.32. The van der Waals surface area contributed by atoms with Gasteiger partial charge in [0.05, 0.1) is 29.2 Å². The maximum atomic E-state index is 12.3. The molecule has 2 aromatic heterocycles. The number of hydrogen-bond donors (Lipinski definition) is 2. The minimum atomic E-state index is -3.06. The van der Waals surface area contributed by atoms with E-state index in [2.05, 4.69) is 25.3 Å². The van der Waals surface area contributed by atoms with E-state index in [1.807, 2.05) is 6.07 Å². The molecule has 2 N–H and O–H groups in total. The zero-order valence-electron chi connectivity index (χ0n) is 13.2. The number of hydrogen-bond acceptors (Lipinski definition) is 6. The van der Waals surface area contributed by atoms with E-state index < -0.39 is 10.0 Å². The molecule has 0 spiro atoms. The Morgan fingerprint density at radius 3 is 2.67 bits per heavy atom. The van der Waals surface area contributed by atoms with Gasteiger partial charge in [-0.2, -0.15) is 0 Å². The third-order valence-electron chi connectivity index (χ3n) is 4.52. The zero-order chi connectivity index (χ0) is 16.6. The number of imidazole rings is 1. The van der Waals surface area contributed by atoms with E-state index in [0.717, 1.165) is 37.1 Å². The van der Waals surface area contributed by atoms with Gasteiger partial charge in [0.15, 0.2) is 0 Å². The van der Waals surface area contributed by atoms with Crippen molar-refractivity contribution in [1.82, 2.24) is 24.2 Å². The number of aromatic amines is 1. The van der Waals surface area contributed by atoms with Crippen LogP contribution in [-0.4, -0.2) is 57.0 Å². The van der Waals surface area contributed by atoms with Crippen LogP contribution in [0.4, 0.5) is 5.95 Å². The van der Waals surface area contributed by atoms with Crippen molar-refractivity contribution < 1.29 is 8.42 Å². The summed E-state index contributed by atoms with van der Waals surface area (Å²) in [6, 6.07) is 2.01. The molecule has 0 aromatic carbocycles. The van der Waals surface area contributed by atoms with Gasteiger partial charge in [-0.05, 0) is 31.7 Å². The summed E-state index contributed by atoms with van der Waals surface area (Å²) >= 11 is 0. The van der Waals surface area contributed by atoms with Crippen LogP contribution in [0.3, 0.4) is 0 Å². The van der Waals surface area contributed by atoms with Gasteiger partial charge in [0.25, 0.3) is 0 Å². The van der Waals surface area contributed by atoms with Crippen LogP contribution in [0.5, 0.6) is 0 Å². The predicted molar refractivity (Wildman–Crippen MR) is 89.8 cm³/mol. The Kier molecular flexibility index (Phi) is 3.97. The smallest absolute Gasteiger partial charge is 0.223 e. The number of aromatic nitrogens is 4. The molecular formula is C15H20N6O2S. The van der Waals surface area contributed by atoms with Gasteiger partial charge in [-0.3, -0.25) is 0 Å². The first-order valence-corrected chi connectivity index (χ1v) is 9.70. The van der Waals surface area contributed by atoms with Crippen LogP contribution in [0.25, 0.3) is 11.4 Å². The third-order valence-corrected chi connectivity index (χ3v) is 6.92. The second-order valence-electron chi connectivity index (χ2n) is 6.29. The molecule has 1 aliphatic carbocycles. The summed E-state index contributed by atoms with van der Waals surface area (Å²) in [6.07, 6.45) is 8.20. The number of nitrogens with one attached hydrogen (secondary N) is 2.